The van der Waals surface area contributed by atoms with Crippen LogP contribution in [0.2, 0.25) is 0 Å². The van der Waals surface area contributed by atoms with Crippen molar-refractivity contribution in [1.29, 1.82) is 0 Å². The summed E-state index contributed by atoms with van der Waals surface area (Å²) in [6.45, 7) is 2.97. The van der Waals surface area contributed by atoms with E-state index in [1.807, 2.05) is 49.4 Å². The standard InChI is InChI=1S/C16H16BrN3O/c1-11-19-16-14(17)6-3-7-15(16)20(11)10-21-9-12-4-2-5-13(18)8-12/h2-8H,9-10,18H2,1H3. The molecule has 1 heterocycles. The normalized spacial score (nSPS) is 11.1. The maximum absolute atomic E-state index is 5.80. The first kappa shape index (κ1) is 14.1. The second-order valence-electron chi connectivity index (χ2n) is 4.92. The van der Waals surface area contributed by atoms with Gasteiger partial charge >= 0.3 is 0 Å². The number of hydrogen-bond donors (Lipinski definition) is 1. The predicted octanol–water partition coefficient (Wildman–Crippen LogP) is 3.86. The van der Waals surface area contributed by atoms with Crippen LogP contribution >= 0.6 is 15.9 Å². The van der Waals surface area contributed by atoms with E-state index in [0.29, 0.717) is 13.3 Å². The Bertz CT molecular complexity index is 782. The summed E-state index contributed by atoms with van der Waals surface area (Å²) in [5.41, 5.74) is 9.61. The number of benzene rings is 2. The first-order valence-corrected chi connectivity index (χ1v) is 7.48. The summed E-state index contributed by atoms with van der Waals surface area (Å²) >= 11 is 3.53. The van der Waals surface area contributed by atoms with Crippen LogP contribution < -0.4 is 5.73 Å². The highest BCUT2D eigenvalue weighted by Crippen LogP contribution is 2.24. The van der Waals surface area contributed by atoms with Crippen LogP contribution in [0.15, 0.2) is 46.9 Å². The second-order valence-corrected chi connectivity index (χ2v) is 5.77. The first-order valence-electron chi connectivity index (χ1n) is 6.68. The van der Waals surface area contributed by atoms with Gasteiger partial charge in [-0.15, -0.1) is 0 Å². The molecule has 108 valence electrons. The quantitative estimate of drug-likeness (QED) is 0.730. The van der Waals surface area contributed by atoms with Crippen LogP contribution in [-0.4, -0.2) is 9.55 Å². The van der Waals surface area contributed by atoms with Gasteiger partial charge < -0.3 is 15.0 Å². The molecule has 0 saturated heterocycles. The molecular formula is C16H16BrN3O. The second kappa shape index (κ2) is 5.87. The summed E-state index contributed by atoms with van der Waals surface area (Å²) in [5, 5.41) is 0. The molecule has 0 aliphatic carbocycles. The topological polar surface area (TPSA) is 53.1 Å². The molecule has 0 fully saturated rings. The Balaban J connectivity index is 1.76. The van der Waals surface area contributed by atoms with Crippen molar-refractivity contribution in [1.82, 2.24) is 9.55 Å². The minimum atomic E-state index is 0.466. The molecule has 3 rings (SSSR count). The monoisotopic (exact) mass is 345 g/mol. The Hall–Kier alpha value is -1.85. The maximum Gasteiger partial charge on any atom is 0.125 e. The Morgan fingerprint density at radius 2 is 2.05 bits per heavy atom. The molecule has 3 aromatic rings. The summed E-state index contributed by atoms with van der Waals surface area (Å²) in [4.78, 5) is 4.57. The SMILES string of the molecule is Cc1nc2c(Br)cccc2n1COCc1cccc(N)c1. The number of halogens is 1. The van der Waals surface area contributed by atoms with Crippen molar-refractivity contribution >= 4 is 32.7 Å². The molecular weight excluding hydrogens is 330 g/mol. The van der Waals surface area contributed by atoms with Crippen LogP contribution in [0.3, 0.4) is 0 Å². The number of nitrogens with two attached hydrogens (primary N) is 1. The summed E-state index contributed by atoms with van der Waals surface area (Å²) in [6, 6.07) is 13.8. The smallest absolute Gasteiger partial charge is 0.125 e. The molecule has 0 spiro atoms. The number of imidazole rings is 1. The van der Waals surface area contributed by atoms with E-state index in [2.05, 4.69) is 25.5 Å². The third kappa shape index (κ3) is 2.94. The number of hydrogen-bond acceptors (Lipinski definition) is 3. The molecule has 0 aliphatic heterocycles. The van der Waals surface area contributed by atoms with E-state index in [1.165, 1.54) is 0 Å². The zero-order valence-corrected chi connectivity index (χ0v) is 13.3. The van der Waals surface area contributed by atoms with E-state index in [-0.39, 0.29) is 0 Å². The van der Waals surface area contributed by atoms with Crippen molar-refractivity contribution in [3.63, 3.8) is 0 Å². The van der Waals surface area contributed by atoms with E-state index >= 15 is 0 Å². The van der Waals surface area contributed by atoms with Crippen LogP contribution in [-0.2, 0) is 18.1 Å². The number of rotatable bonds is 4. The molecule has 0 saturated carbocycles. The summed E-state index contributed by atoms with van der Waals surface area (Å²) in [7, 11) is 0. The van der Waals surface area contributed by atoms with Gasteiger partial charge in [-0.25, -0.2) is 4.98 Å². The Kier molecular flexibility index (Phi) is 3.94. The average Bonchev–Trinajstić information content (AvgIpc) is 2.77. The van der Waals surface area contributed by atoms with Gasteiger partial charge in [0, 0.05) is 10.2 Å². The molecule has 0 bridgehead atoms. The van der Waals surface area contributed by atoms with Crippen molar-refractivity contribution in [2.45, 2.75) is 20.3 Å². The number of para-hydroxylation sites is 1. The Morgan fingerprint density at radius 1 is 1.24 bits per heavy atom. The number of aromatic nitrogens is 2. The lowest BCUT2D eigenvalue weighted by Gasteiger charge is -2.09. The molecule has 2 aromatic carbocycles. The van der Waals surface area contributed by atoms with Crippen LogP contribution in [0.1, 0.15) is 11.4 Å². The van der Waals surface area contributed by atoms with Gasteiger partial charge in [-0.05, 0) is 52.7 Å². The van der Waals surface area contributed by atoms with Gasteiger partial charge in [0.2, 0.25) is 0 Å². The summed E-state index contributed by atoms with van der Waals surface area (Å²) in [5.74, 6) is 0.935. The lowest BCUT2D eigenvalue weighted by molar-refractivity contribution is 0.0652. The van der Waals surface area contributed by atoms with Crippen molar-refractivity contribution < 1.29 is 4.74 Å². The van der Waals surface area contributed by atoms with Crippen LogP contribution in [0.4, 0.5) is 5.69 Å². The number of anilines is 1. The number of nitrogens with zero attached hydrogens (tertiary/aromatic N) is 2. The third-order valence-electron chi connectivity index (χ3n) is 3.36. The van der Waals surface area contributed by atoms with Gasteiger partial charge in [-0.3, -0.25) is 0 Å². The predicted molar refractivity (Wildman–Crippen MR) is 87.8 cm³/mol. The minimum absolute atomic E-state index is 0.466. The highest BCUT2D eigenvalue weighted by atomic mass is 79.9. The lowest BCUT2D eigenvalue weighted by Crippen LogP contribution is -2.04. The van der Waals surface area contributed by atoms with E-state index in [9.17, 15) is 0 Å². The van der Waals surface area contributed by atoms with Gasteiger partial charge in [0.15, 0.2) is 0 Å². The molecule has 0 aliphatic rings. The van der Waals surface area contributed by atoms with Gasteiger partial charge in [-0.2, -0.15) is 0 Å². The molecule has 2 N–H and O–H groups in total. The van der Waals surface area contributed by atoms with E-state index in [4.69, 9.17) is 10.5 Å². The molecule has 0 unspecified atom stereocenters. The zero-order valence-electron chi connectivity index (χ0n) is 11.7. The largest absolute Gasteiger partial charge is 0.399 e. The highest BCUT2D eigenvalue weighted by Gasteiger charge is 2.09. The van der Waals surface area contributed by atoms with Crippen LogP contribution in [0.25, 0.3) is 11.0 Å². The number of fused-ring (bicyclic) bond motifs is 1. The molecule has 0 atom stereocenters. The van der Waals surface area contributed by atoms with E-state index < -0.39 is 0 Å². The third-order valence-corrected chi connectivity index (χ3v) is 4.00. The van der Waals surface area contributed by atoms with Crippen molar-refractivity contribution in [2.24, 2.45) is 0 Å². The van der Waals surface area contributed by atoms with Crippen molar-refractivity contribution in [2.75, 3.05) is 5.73 Å². The fraction of sp³-hybridized carbons (Fsp3) is 0.188. The van der Waals surface area contributed by atoms with Crippen molar-refractivity contribution in [3.8, 4) is 0 Å². The number of ether oxygens (including phenoxy) is 1. The van der Waals surface area contributed by atoms with Crippen molar-refractivity contribution in [3.05, 3.63) is 58.3 Å². The molecule has 5 heteroatoms. The molecule has 21 heavy (non-hydrogen) atoms. The Labute approximate surface area is 131 Å². The zero-order chi connectivity index (χ0) is 14.8. The van der Waals surface area contributed by atoms with Gasteiger partial charge in [0.1, 0.15) is 18.1 Å². The minimum Gasteiger partial charge on any atom is -0.399 e. The van der Waals surface area contributed by atoms with E-state index in [0.717, 1.165) is 32.6 Å². The lowest BCUT2D eigenvalue weighted by atomic mass is 10.2. The van der Waals surface area contributed by atoms with Gasteiger partial charge in [-0.1, -0.05) is 18.2 Å². The summed E-state index contributed by atoms with van der Waals surface area (Å²) in [6.07, 6.45) is 0. The fourth-order valence-corrected chi connectivity index (χ4v) is 2.77. The van der Waals surface area contributed by atoms with Crippen LogP contribution in [0.5, 0.6) is 0 Å². The summed E-state index contributed by atoms with van der Waals surface area (Å²) < 4.78 is 8.86. The Morgan fingerprint density at radius 3 is 2.86 bits per heavy atom. The van der Waals surface area contributed by atoms with Crippen LogP contribution in [0, 0.1) is 6.92 Å². The molecule has 0 radical (unpaired) electrons. The fourth-order valence-electron chi connectivity index (χ4n) is 2.33. The molecule has 4 nitrogen and oxygen atoms in total. The van der Waals surface area contributed by atoms with E-state index in [1.54, 1.807) is 0 Å². The first-order chi connectivity index (χ1) is 10.1. The maximum atomic E-state index is 5.80. The van der Waals surface area contributed by atoms with Gasteiger partial charge in [0.05, 0.1) is 12.1 Å². The number of nitrogen functional groups attached to an aromatic ring is 1. The van der Waals surface area contributed by atoms with Gasteiger partial charge in [0.25, 0.3) is 0 Å². The number of aryl methyl sites for hydroxylation is 1. The average molecular weight is 346 g/mol. The molecule has 0 amide bonds. The highest BCUT2D eigenvalue weighted by molar-refractivity contribution is 9.10. The molecule has 1 aromatic heterocycles.